The molecule has 0 aliphatic rings. The van der Waals surface area contributed by atoms with Crippen LogP contribution in [0.3, 0.4) is 0 Å². The molecule has 0 atom stereocenters. The summed E-state index contributed by atoms with van der Waals surface area (Å²) in [5.74, 6) is 0. The number of thioether (sulfide) groups is 1. The van der Waals surface area contributed by atoms with Crippen LogP contribution in [0.1, 0.15) is 44.9 Å². The number of benzene rings is 1. The van der Waals surface area contributed by atoms with Crippen molar-refractivity contribution < 1.29 is 0 Å². The molecule has 0 unspecified atom stereocenters. The number of aromatic nitrogens is 3. The van der Waals surface area contributed by atoms with E-state index in [0.717, 1.165) is 18.7 Å². The van der Waals surface area contributed by atoms with Crippen molar-refractivity contribution >= 4 is 11.8 Å². The van der Waals surface area contributed by atoms with Gasteiger partial charge in [0, 0.05) is 5.25 Å². The molecule has 1 aromatic carbocycles. The van der Waals surface area contributed by atoms with Crippen molar-refractivity contribution in [3.8, 4) is 0 Å². The molecule has 0 aliphatic carbocycles. The summed E-state index contributed by atoms with van der Waals surface area (Å²) in [7, 11) is 0. The highest BCUT2D eigenvalue weighted by atomic mass is 32.2. The third-order valence-electron chi connectivity index (χ3n) is 3.04. The standard InChI is InChI=1S/C16H23N3S/c1-4-5-11-15-16(20-13(2)3)19(18-17-15)12-14-9-7-6-8-10-14/h6-10,13H,4-5,11-12H2,1-3H3. The average molecular weight is 289 g/mol. The first kappa shape index (κ1) is 15.1. The highest BCUT2D eigenvalue weighted by molar-refractivity contribution is 7.99. The molecular weight excluding hydrogens is 266 g/mol. The number of aryl methyl sites for hydroxylation is 1. The molecule has 2 aromatic rings. The lowest BCUT2D eigenvalue weighted by molar-refractivity contribution is 0.603. The van der Waals surface area contributed by atoms with E-state index in [9.17, 15) is 0 Å². The van der Waals surface area contributed by atoms with E-state index in [1.165, 1.54) is 23.4 Å². The number of hydrogen-bond donors (Lipinski definition) is 0. The van der Waals surface area contributed by atoms with Crippen molar-refractivity contribution in [1.82, 2.24) is 15.0 Å². The number of rotatable bonds is 7. The van der Waals surface area contributed by atoms with Crippen LogP contribution in [0, 0.1) is 0 Å². The fraction of sp³-hybridized carbons (Fsp3) is 0.500. The van der Waals surface area contributed by atoms with Crippen LogP contribution in [0.25, 0.3) is 0 Å². The third-order valence-corrected chi connectivity index (χ3v) is 4.19. The molecule has 20 heavy (non-hydrogen) atoms. The Morgan fingerprint density at radius 3 is 2.60 bits per heavy atom. The van der Waals surface area contributed by atoms with E-state index in [-0.39, 0.29) is 0 Å². The zero-order chi connectivity index (χ0) is 14.4. The normalized spacial score (nSPS) is 11.2. The predicted molar refractivity (Wildman–Crippen MR) is 85.2 cm³/mol. The van der Waals surface area contributed by atoms with Crippen molar-refractivity contribution in [2.24, 2.45) is 0 Å². The maximum absolute atomic E-state index is 4.40. The van der Waals surface area contributed by atoms with Gasteiger partial charge in [0.2, 0.25) is 0 Å². The van der Waals surface area contributed by atoms with E-state index < -0.39 is 0 Å². The van der Waals surface area contributed by atoms with Crippen LogP contribution in [-0.2, 0) is 13.0 Å². The number of nitrogens with zero attached hydrogens (tertiary/aromatic N) is 3. The van der Waals surface area contributed by atoms with Crippen molar-refractivity contribution in [2.75, 3.05) is 0 Å². The van der Waals surface area contributed by atoms with E-state index in [2.05, 4.69) is 55.3 Å². The van der Waals surface area contributed by atoms with Gasteiger partial charge in [0.1, 0.15) is 5.03 Å². The topological polar surface area (TPSA) is 30.7 Å². The molecule has 0 N–H and O–H groups in total. The van der Waals surface area contributed by atoms with Gasteiger partial charge in [0.25, 0.3) is 0 Å². The van der Waals surface area contributed by atoms with E-state index in [0.29, 0.717) is 5.25 Å². The minimum absolute atomic E-state index is 0.545. The molecule has 1 aromatic heterocycles. The van der Waals surface area contributed by atoms with Gasteiger partial charge >= 0.3 is 0 Å². The van der Waals surface area contributed by atoms with Gasteiger partial charge in [-0.3, -0.25) is 0 Å². The first-order chi connectivity index (χ1) is 9.70. The summed E-state index contributed by atoms with van der Waals surface area (Å²) >= 11 is 1.87. The van der Waals surface area contributed by atoms with Crippen molar-refractivity contribution in [2.45, 2.75) is 56.9 Å². The van der Waals surface area contributed by atoms with Crippen LogP contribution in [-0.4, -0.2) is 20.2 Å². The van der Waals surface area contributed by atoms with E-state index in [1.807, 2.05) is 22.5 Å². The number of hydrogen-bond acceptors (Lipinski definition) is 3. The second-order valence-electron chi connectivity index (χ2n) is 5.25. The van der Waals surface area contributed by atoms with Gasteiger partial charge in [0.05, 0.1) is 12.2 Å². The Labute approximate surface area is 125 Å². The lowest BCUT2D eigenvalue weighted by atomic mass is 10.2. The second kappa shape index (κ2) is 7.48. The second-order valence-corrected chi connectivity index (χ2v) is 6.82. The fourth-order valence-electron chi connectivity index (χ4n) is 2.05. The van der Waals surface area contributed by atoms with Crippen molar-refractivity contribution in [3.05, 3.63) is 41.6 Å². The van der Waals surface area contributed by atoms with Gasteiger partial charge in [-0.2, -0.15) is 0 Å². The molecular formula is C16H23N3S. The molecule has 2 rings (SSSR count). The zero-order valence-electron chi connectivity index (χ0n) is 12.5. The molecule has 4 heteroatoms. The fourth-order valence-corrected chi connectivity index (χ4v) is 3.00. The molecule has 0 spiro atoms. The molecule has 0 aliphatic heterocycles. The van der Waals surface area contributed by atoms with Crippen molar-refractivity contribution in [1.29, 1.82) is 0 Å². The quantitative estimate of drug-likeness (QED) is 0.717. The number of unbranched alkanes of at least 4 members (excludes halogenated alkanes) is 1. The Morgan fingerprint density at radius 2 is 1.95 bits per heavy atom. The van der Waals surface area contributed by atoms with E-state index in [4.69, 9.17) is 0 Å². The summed E-state index contributed by atoms with van der Waals surface area (Å²) in [6, 6.07) is 10.5. The SMILES string of the molecule is CCCCc1nnn(Cc2ccccc2)c1SC(C)C. The summed E-state index contributed by atoms with van der Waals surface area (Å²) in [5, 5.41) is 10.5. The highest BCUT2D eigenvalue weighted by Gasteiger charge is 2.14. The Morgan fingerprint density at radius 1 is 1.20 bits per heavy atom. The van der Waals surface area contributed by atoms with E-state index >= 15 is 0 Å². The third kappa shape index (κ3) is 4.10. The lowest BCUT2D eigenvalue weighted by Crippen LogP contribution is -2.05. The van der Waals surface area contributed by atoms with Crippen LogP contribution < -0.4 is 0 Å². The Hall–Kier alpha value is -1.29. The highest BCUT2D eigenvalue weighted by Crippen LogP contribution is 2.27. The maximum atomic E-state index is 4.40. The Balaban J connectivity index is 2.20. The summed E-state index contributed by atoms with van der Waals surface area (Å²) in [5.41, 5.74) is 2.42. The lowest BCUT2D eigenvalue weighted by Gasteiger charge is -2.10. The van der Waals surface area contributed by atoms with Gasteiger partial charge in [-0.15, -0.1) is 16.9 Å². The predicted octanol–water partition coefficient (Wildman–Crippen LogP) is 4.17. The first-order valence-corrected chi connectivity index (χ1v) is 8.21. The molecule has 108 valence electrons. The molecule has 0 amide bonds. The molecule has 0 saturated heterocycles. The maximum Gasteiger partial charge on any atom is 0.118 e. The average Bonchev–Trinajstić information content (AvgIpc) is 2.79. The van der Waals surface area contributed by atoms with E-state index in [1.54, 1.807) is 0 Å². The minimum Gasteiger partial charge on any atom is -0.234 e. The van der Waals surface area contributed by atoms with Gasteiger partial charge in [-0.1, -0.05) is 62.7 Å². The summed E-state index contributed by atoms with van der Waals surface area (Å²) < 4.78 is 2.05. The Kier molecular flexibility index (Phi) is 5.65. The smallest absolute Gasteiger partial charge is 0.118 e. The molecule has 0 bridgehead atoms. The Bertz CT molecular complexity index is 520. The van der Waals surface area contributed by atoms with Gasteiger partial charge in [-0.05, 0) is 18.4 Å². The van der Waals surface area contributed by atoms with Crippen molar-refractivity contribution in [3.63, 3.8) is 0 Å². The van der Waals surface area contributed by atoms with Crippen LogP contribution in [0.15, 0.2) is 35.4 Å². The molecule has 0 radical (unpaired) electrons. The largest absolute Gasteiger partial charge is 0.234 e. The van der Waals surface area contributed by atoms with Crippen LogP contribution in [0.4, 0.5) is 0 Å². The van der Waals surface area contributed by atoms with Crippen LogP contribution in [0.5, 0.6) is 0 Å². The molecule has 1 heterocycles. The van der Waals surface area contributed by atoms with Gasteiger partial charge in [-0.25, -0.2) is 4.68 Å². The molecule has 0 saturated carbocycles. The minimum atomic E-state index is 0.545. The van der Waals surface area contributed by atoms with Crippen LogP contribution >= 0.6 is 11.8 Å². The molecule has 0 fully saturated rings. The summed E-state index contributed by atoms with van der Waals surface area (Å²) in [4.78, 5) is 0. The summed E-state index contributed by atoms with van der Waals surface area (Å²) in [6.45, 7) is 7.45. The molecule has 3 nitrogen and oxygen atoms in total. The first-order valence-electron chi connectivity index (χ1n) is 7.33. The monoisotopic (exact) mass is 289 g/mol. The zero-order valence-corrected chi connectivity index (χ0v) is 13.4. The summed E-state index contributed by atoms with van der Waals surface area (Å²) in [6.07, 6.45) is 3.40. The van der Waals surface area contributed by atoms with Gasteiger partial charge in [0.15, 0.2) is 0 Å². The van der Waals surface area contributed by atoms with Gasteiger partial charge < -0.3 is 0 Å². The van der Waals surface area contributed by atoms with Crippen LogP contribution in [0.2, 0.25) is 0 Å².